The van der Waals surface area contributed by atoms with Crippen molar-refractivity contribution in [3.8, 4) is 0 Å². The fourth-order valence-corrected chi connectivity index (χ4v) is 5.21. The lowest BCUT2D eigenvalue weighted by Crippen LogP contribution is -2.46. The average molecular weight is 481 g/mol. The van der Waals surface area contributed by atoms with Gasteiger partial charge in [-0.25, -0.2) is 4.79 Å². The number of rotatable bonds is 6. The molecule has 8 heteroatoms. The maximum Gasteiger partial charge on any atom is 0.409 e. The number of hydrogen-bond donors (Lipinski definition) is 2. The molecule has 0 bridgehead atoms. The minimum atomic E-state index is -0.280. The van der Waals surface area contributed by atoms with Gasteiger partial charge in [-0.1, -0.05) is 30.0 Å². The van der Waals surface area contributed by atoms with Crippen LogP contribution in [0.1, 0.15) is 49.0 Å². The summed E-state index contributed by atoms with van der Waals surface area (Å²) in [5.41, 5.74) is 3.59. The zero-order valence-electron chi connectivity index (χ0n) is 20.0. The van der Waals surface area contributed by atoms with E-state index in [1.54, 1.807) is 23.6 Å². The number of nitrogens with zero attached hydrogens (tertiary/aromatic N) is 2. The van der Waals surface area contributed by atoms with Crippen LogP contribution in [0.25, 0.3) is 0 Å². The van der Waals surface area contributed by atoms with Crippen molar-refractivity contribution in [2.75, 3.05) is 26.7 Å². The summed E-state index contributed by atoms with van der Waals surface area (Å²) in [6, 6.07) is 14.4. The first-order chi connectivity index (χ1) is 16.5. The van der Waals surface area contributed by atoms with Gasteiger partial charge >= 0.3 is 6.09 Å². The zero-order valence-corrected chi connectivity index (χ0v) is 20.8. The minimum absolute atomic E-state index is 0.0335. The van der Waals surface area contributed by atoms with Gasteiger partial charge in [-0.15, -0.1) is 0 Å². The number of ether oxygens (including phenoxy) is 1. The fraction of sp³-hybridized carbons (Fsp3) is 0.423. The van der Waals surface area contributed by atoms with Gasteiger partial charge in [0, 0.05) is 52.5 Å². The van der Waals surface area contributed by atoms with Crippen LogP contribution in [-0.2, 0) is 4.74 Å². The minimum Gasteiger partial charge on any atom is -0.450 e. The lowest BCUT2D eigenvalue weighted by Gasteiger charge is -2.31. The highest BCUT2D eigenvalue weighted by Crippen LogP contribution is 2.41. The quantitative estimate of drug-likeness (QED) is 0.630. The summed E-state index contributed by atoms with van der Waals surface area (Å²) < 4.78 is 5.07. The van der Waals surface area contributed by atoms with Crippen molar-refractivity contribution < 1.29 is 14.3 Å². The number of fused-ring (bicyclic) bond motifs is 2. The molecule has 2 N–H and O–H groups in total. The van der Waals surface area contributed by atoms with E-state index in [9.17, 15) is 9.59 Å². The topological polar surface area (TPSA) is 83.0 Å². The number of carbonyl (C=O) groups is 2. The first kappa shape index (κ1) is 24.3. The molecular formula is C26H32N4O3S. The summed E-state index contributed by atoms with van der Waals surface area (Å²) in [7, 11) is 1.95. The van der Waals surface area contributed by atoms with E-state index in [0.717, 1.165) is 28.3 Å². The third kappa shape index (κ3) is 5.62. The molecule has 7 nitrogen and oxygen atoms in total. The number of benzene rings is 2. The molecule has 0 radical (unpaired) electrons. The first-order valence-corrected chi connectivity index (χ1v) is 12.7. The van der Waals surface area contributed by atoms with Gasteiger partial charge < -0.3 is 20.3 Å². The molecule has 1 saturated heterocycles. The molecule has 4 rings (SSSR count). The number of hydrogen-bond acceptors (Lipinski definition) is 6. The SMILES string of the molecule is CCOC(=O)N1CCC(NC(=O)c2ccc3c(c2)N=C(CC(C)NC)c2ccccc2S3)CC1. The Morgan fingerprint density at radius 1 is 1.18 bits per heavy atom. The molecule has 2 aromatic carbocycles. The maximum absolute atomic E-state index is 13.0. The molecule has 0 aromatic heterocycles. The Morgan fingerprint density at radius 2 is 1.94 bits per heavy atom. The summed E-state index contributed by atoms with van der Waals surface area (Å²) in [6.45, 7) is 5.48. The van der Waals surface area contributed by atoms with Crippen LogP contribution in [-0.4, -0.2) is 61.4 Å². The molecule has 2 aliphatic heterocycles. The summed E-state index contributed by atoms with van der Waals surface area (Å²) in [5, 5.41) is 6.43. The van der Waals surface area contributed by atoms with Crippen LogP contribution in [0.2, 0.25) is 0 Å². The Bertz CT molecular complexity index is 1080. The van der Waals surface area contributed by atoms with Gasteiger partial charge in [-0.05, 0) is 58.0 Å². The van der Waals surface area contributed by atoms with Gasteiger partial charge in [0.15, 0.2) is 0 Å². The first-order valence-electron chi connectivity index (χ1n) is 11.9. The zero-order chi connectivity index (χ0) is 24.1. The summed E-state index contributed by atoms with van der Waals surface area (Å²) in [5.74, 6) is -0.107. The number of likely N-dealkylation sites (tertiary alicyclic amines) is 1. The number of carbonyl (C=O) groups excluding carboxylic acids is 2. The number of amides is 2. The monoisotopic (exact) mass is 480 g/mol. The van der Waals surface area contributed by atoms with Crippen LogP contribution in [0.15, 0.2) is 57.2 Å². The largest absolute Gasteiger partial charge is 0.450 e. The lowest BCUT2D eigenvalue weighted by molar-refractivity contribution is 0.0860. The van der Waals surface area contributed by atoms with E-state index in [4.69, 9.17) is 9.73 Å². The van der Waals surface area contributed by atoms with Crippen molar-refractivity contribution in [1.82, 2.24) is 15.5 Å². The summed E-state index contributed by atoms with van der Waals surface area (Å²) >= 11 is 1.69. The van der Waals surface area contributed by atoms with Crippen molar-refractivity contribution >= 4 is 35.2 Å². The molecule has 0 spiro atoms. The predicted octanol–water partition coefficient (Wildman–Crippen LogP) is 4.62. The van der Waals surface area contributed by atoms with E-state index in [-0.39, 0.29) is 24.1 Å². The highest BCUT2D eigenvalue weighted by atomic mass is 32.2. The smallest absolute Gasteiger partial charge is 0.409 e. The molecule has 1 unspecified atom stereocenters. The Morgan fingerprint density at radius 3 is 2.68 bits per heavy atom. The van der Waals surface area contributed by atoms with Crippen molar-refractivity contribution in [1.29, 1.82) is 0 Å². The average Bonchev–Trinajstić information content (AvgIpc) is 3.00. The van der Waals surface area contributed by atoms with Crippen molar-refractivity contribution in [3.05, 3.63) is 53.6 Å². The van der Waals surface area contributed by atoms with Gasteiger partial charge in [0.05, 0.1) is 18.0 Å². The molecule has 2 heterocycles. The third-order valence-corrected chi connectivity index (χ3v) is 7.38. The number of piperidine rings is 1. The molecule has 2 aliphatic rings. The molecule has 0 saturated carbocycles. The van der Waals surface area contributed by atoms with Crippen LogP contribution in [0, 0.1) is 0 Å². The number of nitrogens with one attached hydrogen (secondary N) is 2. The fourth-order valence-electron chi connectivity index (χ4n) is 4.19. The van der Waals surface area contributed by atoms with E-state index >= 15 is 0 Å². The lowest BCUT2D eigenvalue weighted by atomic mass is 10.0. The van der Waals surface area contributed by atoms with Crippen LogP contribution >= 0.6 is 11.8 Å². The second kappa shape index (κ2) is 11.1. The molecule has 1 fully saturated rings. The molecule has 180 valence electrons. The second-order valence-corrected chi connectivity index (χ2v) is 9.75. The Labute approximate surface area is 205 Å². The van der Waals surface area contributed by atoms with Gasteiger partial charge in [0.2, 0.25) is 0 Å². The van der Waals surface area contributed by atoms with E-state index in [1.165, 1.54) is 4.90 Å². The normalized spacial score (nSPS) is 16.6. The van der Waals surface area contributed by atoms with Gasteiger partial charge in [0.1, 0.15) is 0 Å². The van der Waals surface area contributed by atoms with Gasteiger partial charge in [-0.3, -0.25) is 9.79 Å². The van der Waals surface area contributed by atoms with E-state index in [0.29, 0.717) is 38.1 Å². The third-order valence-electron chi connectivity index (χ3n) is 6.24. The Hall–Kier alpha value is -2.84. The summed E-state index contributed by atoms with van der Waals surface area (Å²) in [4.78, 5) is 33.9. The van der Waals surface area contributed by atoms with Crippen LogP contribution < -0.4 is 10.6 Å². The highest BCUT2D eigenvalue weighted by Gasteiger charge is 2.25. The maximum atomic E-state index is 13.0. The molecule has 34 heavy (non-hydrogen) atoms. The predicted molar refractivity (Wildman–Crippen MR) is 135 cm³/mol. The van der Waals surface area contributed by atoms with Crippen molar-refractivity contribution in [2.45, 2.75) is 55.0 Å². The molecule has 2 aromatic rings. The van der Waals surface area contributed by atoms with Crippen LogP contribution in [0.4, 0.5) is 10.5 Å². The highest BCUT2D eigenvalue weighted by molar-refractivity contribution is 7.99. The summed E-state index contributed by atoms with van der Waals surface area (Å²) in [6.07, 6.45) is 1.94. The second-order valence-electron chi connectivity index (χ2n) is 8.67. The van der Waals surface area contributed by atoms with E-state index < -0.39 is 0 Å². The molecular weight excluding hydrogens is 448 g/mol. The molecule has 1 atom stereocenters. The Kier molecular flexibility index (Phi) is 7.90. The van der Waals surface area contributed by atoms with Gasteiger partial charge in [-0.2, -0.15) is 0 Å². The standard InChI is InChI=1S/C26H32N4O3S/c1-4-33-26(32)30-13-11-19(12-14-30)28-25(31)18-9-10-24-22(16-18)29-21(15-17(2)27-3)20-7-5-6-8-23(20)34-24/h5-10,16-17,19,27H,4,11-15H2,1-3H3,(H,28,31). The van der Waals surface area contributed by atoms with Crippen molar-refractivity contribution in [3.63, 3.8) is 0 Å². The van der Waals surface area contributed by atoms with E-state index in [2.05, 4.69) is 29.7 Å². The number of aliphatic imine (C=N–C) groups is 1. The van der Waals surface area contributed by atoms with Crippen molar-refractivity contribution in [2.24, 2.45) is 4.99 Å². The van der Waals surface area contributed by atoms with Crippen LogP contribution in [0.5, 0.6) is 0 Å². The molecule has 0 aliphatic carbocycles. The van der Waals surface area contributed by atoms with Gasteiger partial charge in [0.25, 0.3) is 5.91 Å². The van der Waals surface area contributed by atoms with E-state index in [1.807, 2.05) is 37.4 Å². The molecule has 2 amide bonds. The Balaban J connectivity index is 1.50. The van der Waals surface area contributed by atoms with Crippen LogP contribution in [0.3, 0.4) is 0 Å².